The molecule has 21 heavy (non-hydrogen) atoms. The third-order valence-electron chi connectivity index (χ3n) is 3.88. The standard InChI is InChI=1S/C15H19ClN2O3/c1-9-4-3-5-10(2)18(9)15(21)17-13-8-11(16)6-7-12(13)14(19)20/h6-10H,3-5H2,1-2H3,(H,17,21)(H,19,20). The zero-order valence-corrected chi connectivity index (χ0v) is 12.9. The predicted octanol–water partition coefficient (Wildman–Crippen LogP) is 3.83. The summed E-state index contributed by atoms with van der Waals surface area (Å²) in [6.07, 6.45) is 3.02. The quantitative estimate of drug-likeness (QED) is 0.872. The van der Waals surface area contributed by atoms with Crippen molar-refractivity contribution in [3.8, 4) is 0 Å². The summed E-state index contributed by atoms with van der Waals surface area (Å²) in [6, 6.07) is 4.35. The van der Waals surface area contributed by atoms with Crippen LogP contribution in [0.5, 0.6) is 0 Å². The van der Waals surface area contributed by atoms with Crippen molar-refractivity contribution in [1.29, 1.82) is 0 Å². The summed E-state index contributed by atoms with van der Waals surface area (Å²) in [7, 11) is 0. The highest BCUT2D eigenvalue weighted by atomic mass is 35.5. The van der Waals surface area contributed by atoms with Crippen LogP contribution >= 0.6 is 11.6 Å². The average molecular weight is 311 g/mol. The van der Waals surface area contributed by atoms with E-state index < -0.39 is 5.97 Å². The van der Waals surface area contributed by atoms with E-state index in [-0.39, 0.29) is 29.4 Å². The zero-order chi connectivity index (χ0) is 15.6. The Morgan fingerprint density at radius 3 is 2.48 bits per heavy atom. The van der Waals surface area contributed by atoms with Crippen LogP contribution in [0, 0.1) is 0 Å². The summed E-state index contributed by atoms with van der Waals surface area (Å²) in [6.45, 7) is 4.01. The lowest BCUT2D eigenvalue weighted by molar-refractivity contribution is 0.0698. The van der Waals surface area contributed by atoms with E-state index in [9.17, 15) is 14.7 Å². The van der Waals surface area contributed by atoms with E-state index in [1.165, 1.54) is 18.2 Å². The minimum atomic E-state index is -1.10. The molecule has 0 bridgehead atoms. The van der Waals surface area contributed by atoms with Gasteiger partial charge in [0.1, 0.15) is 0 Å². The second-order valence-corrected chi connectivity index (χ2v) is 5.90. The van der Waals surface area contributed by atoms with Gasteiger partial charge in [-0.05, 0) is 51.3 Å². The monoisotopic (exact) mass is 310 g/mol. The highest BCUT2D eigenvalue weighted by Gasteiger charge is 2.29. The van der Waals surface area contributed by atoms with E-state index >= 15 is 0 Å². The summed E-state index contributed by atoms with van der Waals surface area (Å²) in [4.78, 5) is 25.4. The molecule has 2 N–H and O–H groups in total. The number of halogens is 1. The molecule has 0 aliphatic carbocycles. The lowest BCUT2D eigenvalue weighted by Crippen LogP contribution is -2.49. The number of amides is 2. The maximum atomic E-state index is 12.5. The summed E-state index contributed by atoms with van der Waals surface area (Å²) in [5.41, 5.74) is 0.259. The SMILES string of the molecule is CC1CCCC(C)N1C(=O)Nc1cc(Cl)ccc1C(=O)O. The Morgan fingerprint density at radius 1 is 1.29 bits per heavy atom. The van der Waals surface area contributed by atoms with Crippen LogP contribution < -0.4 is 5.32 Å². The van der Waals surface area contributed by atoms with Gasteiger partial charge in [0.05, 0.1) is 11.3 Å². The molecular weight excluding hydrogens is 292 g/mol. The van der Waals surface area contributed by atoms with Gasteiger partial charge in [-0.25, -0.2) is 9.59 Å². The minimum Gasteiger partial charge on any atom is -0.478 e. The second-order valence-electron chi connectivity index (χ2n) is 5.46. The van der Waals surface area contributed by atoms with Crippen molar-refractivity contribution in [2.45, 2.75) is 45.2 Å². The summed E-state index contributed by atoms with van der Waals surface area (Å²) in [5, 5.41) is 12.2. The number of carbonyl (C=O) groups is 2. The number of carboxylic acid groups (broad SMARTS) is 1. The first-order valence-corrected chi connectivity index (χ1v) is 7.40. The number of nitrogens with one attached hydrogen (secondary N) is 1. The third-order valence-corrected chi connectivity index (χ3v) is 4.12. The van der Waals surface area contributed by atoms with Crippen molar-refractivity contribution in [1.82, 2.24) is 4.90 Å². The van der Waals surface area contributed by atoms with Crippen LogP contribution in [0.1, 0.15) is 43.5 Å². The van der Waals surface area contributed by atoms with E-state index in [1.807, 2.05) is 13.8 Å². The Labute approximate surface area is 128 Å². The Balaban J connectivity index is 2.23. The van der Waals surface area contributed by atoms with Gasteiger partial charge in [-0.15, -0.1) is 0 Å². The smallest absolute Gasteiger partial charge is 0.337 e. The highest BCUT2D eigenvalue weighted by Crippen LogP contribution is 2.26. The number of carbonyl (C=O) groups excluding carboxylic acids is 1. The fourth-order valence-corrected chi connectivity index (χ4v) is 2.98. The molecule has 2 unspecified atom stereocenters. The molecule has 1 aliphatic rings. The Morgan fingerprint density at radius 2 is 1.90 bits per heavy atom. The predicted molar refractivity (Wildman–Crippen MR) is 82.0 cm³/mol. The minimum absolute atomic E-state index is 0.0325. The molecule has 2 rings (SSSR count). The number of rotatable bonds is 2. The van der Waals surface area contributed by atoms with E-state index in [2.05, 4.69) is 5.32 Å². The molecule has 0 spiro atoms. The Hall–Kier alpha value is -1.75. The van der Waals surface area contributed by atoms with Crippen LogP contribution in [0.15, 0.2) is 18.2 Å². The first kappa shape index (κ1) is 15.6. The number of nitrogens with zero attached hydrogens (tertiary/aromatic N) is 1. The first-order chi connectivity index (χ1) is 9.90. The van der Waals surface area contributed by atoms with E-state index in [1.54, 1.807) is 4.90 Å². The van der Waals surface area contributed by atoms with Gasteiger partial charge in [-0.1, -0.05) is 11.6 Å². The number of likely N-dealkylation sites (tertiary alicyclic amines) is 1. The molecule has 0 saturated carbocycles. The number of carboxylic acids is 1. The van der Waals surface area contributed by atoms with Crippen LogP contribution in [0.3, 0.4) is 0 Å². The van der Waals surface area contributed by atoms with Crippen LogP contribution in [0.4, 0.5) is 10.5 Å². The molecule has 0 aromatic heterocycles. The van der Waals surface area contributed by atoms with Crippen LogP contribution in [0.25, 0.3) is 0 Å². The van der Waals surface area contributed by atoms with Crippen molar-refractivity contribution < 1.29 is 14.7 Å². The number of benzene rings is 1. The van der Waals surface area contributed by atoms with Gasteiger partial charge in [-0.2, -0.15) is 0 Å². The number of anilines is 1. The van der Waals surface area contributed by atoms with Crippen molar-refractivity contribution >= 4 is 29.3 Å². The molecule has 1 aromatic carbocycles. The lowest BCUT2D eigenvalue weighted by atomic mass is 9.98. The van der Waals surface area contributed by atoms with Gasteiger partial charge in [0.15, 0.2) is 0 Å². The van der Waals surface area contributed by atoms with Crippen LogP contribution in [0.2, 0.25) is 5.02 Å². The maximum Gasteiger partial charge on any atom is 0.337 e. The van der Waals surface area contributed by atoms with Crippen molar-refractivity contribution in [3.05, 3.63) is 28.8 Å². The van der Waals surface area contributed by atoms with Gasteiger partial charge in [0, 0.05) is 17.1 Å². The number of piperidine rings is 1. The molecule has 6 heteroatoms. The molecule has 1 saturated heterocycles. The van der Waals surface area contributed by atoms with Gasteiger partial charge in [0.2, 0.25) is 0 Å². The molecule has 0 radical (unpaired) electrons. The molecule has 1 aliphatic heterocycles. The van der Waals surface area contributed by atoms with E-state index in [0.29, 0.717) is 5.02 Å². The fraction of sp³-hybridized carbons (Fsp3) is 0.467. The number of urea groups is 1. The molecule has 5 nitrogen and oxygen atoms in total. The van der Waals surface area contributed by atoms with Crippen LogP contribution in [-0.4, -0.2) is 34.1 Å². The molecular formula is C15H19ClN2O3. The zero-order valence-electron chi connectivity index (χ0n) is 12.1. The van der Waals surface area contributed by atoms with Crippen molar-refractivity contribution in [3.63, 3.8) is 0 Å². The number of aromatic carboxylic acids is 1. The number of hydrogen-bond acceptors (Lipinski definition) is 2. The number of hydrogen-bond donors (Lipinski definition) is 2. The van der Waals surface area contributed by atoms with E-state index in [4.69, 9.17) is 11.6 Å². The van der Waals surface area contributed by atoms with Gasteiger partial charge in [0.25, 0.3) is 0 Å². The van der Waals surface area contributed by atoms with Gasteiger partial charge >= 0.3 is 12.0 Å². The Kier molecular flexibility index (Phi) is 4.73. The molecule has 1 fully saturated rings. The third kappa shape index (κ3) is 3.47. The molecule has 114 valence electrons. The summed E-state index contributed by atoms with van der Waals surface area (Å²) in [5.74, 6) is -1.10. The second kappa shape index (κ2) is 6.35. The summed E-state index contributed by atoms with van der Waals surface area (Å²) >= 11 is 5.89. The van der Waals surface area contributed by atoms with Gasteiger partial charge in [-0.3, -0.25) is 0 Å². The van der Waals surface area contributed by atoms with Gasteiger partial charge < -0.3 is 15.3 Å². The normalized spacial score (nSPS) is 22.0. The Bertz CT molecular complexity index is 552. The van der Waals surface area contributed by atoms with Crippen LogP contribution in [-0.2, 0) is 0 Å². The molecule has 2 amide bonds. The van der Waals surface area contributed by atoms with Crippen molar-refractivity contribution in [2.75, 3.05) is 5.32 Å². The molecule has 1 heterocycles. The molecule has 2 atom stereocenters. The molecule has 1 aromatic rings. The fourth-order valence-electron chi connectivity index (χ4n) is 2.81. The maximum absolute atomic E-state index is 12.5. The first-order valence-electron chi connectivity index (χ1n) is 7.02. The highest BCUT2D eigenvalue weighted by molar-refractivity contribution is 6.31. The van der Waals surface area contributed by atoms with E-state index in [0.717, 1.165) is 19.3 Å². The largest absolute Gasteiger partial charge is 0.478 e. The average Bonchev–Trinajstić information content (AvgIpc) is 2.38. The lowest BCUT2D eigenvalue weighted by Gasteiger charge is -2.39. The topological polar surface area (TPSA) is 69.6 Å². The summed E-state index contributed by atoms with van der Waals surface area (Å²) < 4.78 is 0. The van der Waals surface area contributed by atoms with Crippen molar-refractivity contribution in [2.24, 2.45) is 0 Å².